The molecule has 3 heteroatoms. The summed E-state index contributed by atoms with van der Waals surface area (Å²) in [6.07, 6.45) is 3.82. The van der Waals surface area contributed by atoms with Gasteiger partial charge in [0.15, 0.2) is 0 Å². The van der Waals surface area contributed by atoms with Crippen LogP contribution in [0.25, 0.3) is 0 Å². The lowest BCUT2D eigenvalue weighted by atomic mass is 10.2. The number of nitrogens with one attached hydrogen (secondary N) is 1. The molecule has 106 valence electrons. The molecular weight excluding hydrogens is 236 g/mol. The maximum absolute atomic E-state index is 5.57. The third-order valence-electron chi connectivity index (χ3n) is 3.54. The van der Waals surface area contributed by atoms with Crippen molar-refractivity contribution in [2.75, 3.05) is 26.7 Å². The van der Waals surface area contributed by atoms with Crippen molar-refractivity contribution in [1.29, 1.82) is 0 Å². The molecule has 0 saturated heterocycles. The Kier molecular flexibility index (Phi) is 5.67. The molecule has 0 radical (unpaired) electrons. The second-order valence-electron chi connectivity index (χ2n) is 5.38. The molecule has 19 heavy (non-hydrogen) atoms. The number of rotatable bonds is 9. The molecular formula is C16H26N2O. The van der Waals surface area contributed by atoms with Crippen LogP contribution in [0.1, 0.15) is 31.7 Å². The smallest absolute Gasteiger partial charge is 0.119 e. The van der Waals surface area contributed by atoms with E-state index in [1.165, 1.54) is 18.4 Å². The summed E-state index contributed by atoms with van der Waals surface area (Å²) < 4.78 is 5.57. The van der Waals surface area contributed by atoms with Crippen LogP contribution in [-0.4, -0.2) is 37.7 Å². The normalized spacial score (nSPS) is 14.9. The lowest BCUT2D eigenvalue weighted by Gasteiger charge is -2.15. The van der Waals surface area contributed by atoms with Crippen LogP contribution in [0, 0.1) is 0 Å². The molecule has 0 unspecified atom stereocenters. The van der Waals surface area contributed by atoms with Crippen molar-refractivity contribution in [2.45, 2.75) is 38.8 Å². The van der Waals surface area contributed by atoms with Crippen molar-refractivity contribution in [1.82, 2.24) is 10.2 Å². The molecule has 0 aromatic heterocycles. The quantitative estimate of drug-likeness (QED) is 0.692. The number of hydrogen-bond donors (Lipinski definition) is 1. The van der Waals surface area contributed by atoms with Gasteiger partial charge in [-0.2, -0.15) is 0 Å². The lowest BCUT2D eigenvalue weighted by molar-refractivity contribution is 0.317. The Labute approximate surface area is 116 Å². The van der Waals surface area contributed by atoms with Crippen LogP contribution in [0.15, 0.2) is 24.3 Å². The Hall–Kier alpha value is -1.06. The highest BCUT2D eigenvalue weighted by atomic mass is 16.5. The summed E-state index contributed by atoms with van der Waals surface area (Å²) in [4.78, 5) is 2.45. The number of nitrogens with zero attached hydrogens (tertiary/aromatic N) is 1. The van der Waals surface area contributed by atoms with Gasteiger partial charge in [-0.05, 0) is 44.0 Å². The fraction of sp³-hybridized carbons (Fsp3) is 0.625. The van der Waals surface area contributed by atoms with Crippen LogP contribution in [-0.2, 0) is 6.54 Å². The van der Waals surface area contributed by atoms with Gasteiger partial charge in [0, 0.05) is 25.7 Å². The number of likely N-dealkylation sites (N-methyl/N-ethyl adjacent to an activating group) is 1. The molecule has 3 nitrogen and oxygen atoms in total. The monoisotopic (exact) mass is 262 g/mol. The highest BCUT2D eigenvalue weighted by Gasteiger charge is 2.25. The van der Waals surface area contributed by atoms with E-state index >= 15 is 0 Å². The number of ether oxygens (including phenoxy) is 1. The third-order valence-corrected chi connectivity index (χ3v) is 3.54. The average Bonchev–Trinajstić information content (AvgIpc) is 3.27. The minimum absolute atomic E-state index is 0.797. The first-order valence-electron chi connectivity index (χ1n) is 7.42. The fourth-order valence-corrected chi connectivity index (χ4v) is 2.11. The second kappa shape index (κ2) is 7.51. The molecule has 1 aliphatic rings. The summed E-state index contributed by atoms with van der Waals surface area (Å²) in [5.74, 6) is 0.971. The molecule has 1 aromatic carbocycles. The SMILES string of the molecule is CCCOc1ccc(CNCCN(C)C2CC2)cc1. The van der Waals surface area contributed by atoms with E-state index in [0.717, 1.165) is 44.5 Å². The summed E-state index contributed by atoms with van der Waals surface area (Å²) in [5, 5.41) is 3.50. The molecule has 1 aliphatic carbocycles. The van der Waals surface area contributed by atoms with Crippen LogP contribution in [0.5, 0.6) is 5.75 Å². The summed E-state index contributed by atoms with van der Waals surface area (Å²) in [5.41, 5.74) is 1.32. The number of benzene rings is 1. The predicted octanol–water partition coefficient (Wildman–Crippen LogP) is 2.66. The third kappa shape index (κ3) is 5.21. The first-order valence-corrected chi connectivity index (χ1v) is 7.42. The van der Waals surface area contributed by atoms with Gasteiger partial charge in [-0.3, -0.25) is 0 Å². The largest absolute Gasteiger partial charge is 0.494 e. The van der Waals surface area contributed by atoms with Gasteiger partial charge in [-0.1, -0.05) is 19.1 Å². The molecule has 1 fully saturated rings. The standard InChI is InChI=1S/C16H26N2O/c1-3-12-19-16-8-4-14(5-9-16)13-17-10-11-18(2)15-6-7-15/h4-5,8-9,15,17H,3,6-7,10-13H2,1-2H3. The summed E-state index contributed by atoms with van der Waals surface area (Å²) >= 11 is 0. The highest BCUT2D eigenvalue weighted by molar-refractivity contribution is 5.27. The van der Waals surface area contributed by atoms with Gasteiger partial charge in [0.2, 0.25) is 0 Å². The molecule has 2 rings (SSSR count). The molecule has 1 aromatic rings. The van der Waals surface area contributed by atoms with Crippen LogP contribution in [0.3, 0.4) is 0 Å². The maximum Gasteiger partial charge on any atom is 0.119 e. The fourth-order valence-electron chi connectivity index (χ4n) is 2.11. The Morgan fingerprint density at radius 1 is 1.26 bits per heavy atom. The van der Waals surface area contributed by atoms with Crippen LogP contribution >= 0.6 is 0 Å². The molecule has 1 N–H and O–H groups in total. The van der Waals surface area contributed by atoms with Crippen molar-refractivity contribution in [3.8, 4) is 5.75 Å². The Balaban J connectivity index is 1.62. The van der Waals surface area contributed by atoms with Crippen LogP contribution < -0.4 is 10.1 Å². The van der Waals surface area contributed by atoms with Gasteiger partial charge < -0.3 is 15.0 Å². The Bertz CT molecular complexity index is 360. The van der Waals surface area contributed by atoms with Crippen molar-refractivity contribution < 1.29 is 4.74 Å². The van der Waals surface area contributed by atoms with E-state index in [1.807, 2.05) is 0 Å². The molecule has 0 spiro atoms. The minimum Gasteiger partial charge on any atom is -0.494 e. The molecule has 0 amide bonds. The first kappa shape index (κ1) is 14.4. The van der Waals surface area contributed by atoms with E-state index in [-0.39, 0.29) is 0 Å². The van der Waals surface area contributed by atoms with Gasteiger partial charge in [-0.15, -0.1) is 0 Å². The zero-order valence-corrected chi connectivity index (χ0v) is 12.2. The summed E-state index contributed by atoms with van der Waals surface area (Å²) in [6, 6.07) is 9.26. The maximum atomic E-state index is 5.57. The van der Waals surface area contributed by atoms with Gasteiger partial charge in [0.1, 0.15) is 5.75 Å². The zero-order chi connectivity index (χ0) is 13.5. The molecule has 0 atom stereocenters. The van der Waals surface area contributed by atoms with E-state index in [0.29, 0.717) is 0 Å². The zero-order valence-electron chi connectivity index (χ0n) is 12.2. The molecule has 1 saturated carbocycles. The topological polar surface area (TPSA) is 24.5 Å². The molecule has 0 aliphatic heterocycles. The molecule has 0 heterocycles. The molecule has 0 bridgehead atoms. The van der Waals surface area contributed by atoms with Gasteiger partial charge in [-0.25, -0.2) is 0 Å². The van der Waals surface area contributed by atoms with E-state index < -0.39 is 0 Å². The minimum atomic E-state index is 0.797. The summed E-state index contributed by atoms with van der Waals surface area (Å²) in [7, 11) is 2.22. The predicted molar refractivity (Wildman–Crippen MR) is 79.6 cm³/mol. The van der Waals surface area contributed by atoms with E-state index in [1.54, 1.807) is 0 Å². The van der Waals surface area contributed by atoms with Gasteiger partial charge in [0.25, 0.3) is 0 Å². The summed E-state index contributed by atoms with van der Waals surface area (Å²) in [6.45, 7) is 6.05. The first-order chi connectivity index (χ1) is 9.29. The Morgan fingerprint density at radius 3 is 2.63 bits per heavy atom. The van der Waals surface area contributed by atoms with Crippen molar-refractivity contribution in [3.63, 3.8) is 0 Å². The van der Waals surface area contributed by atoms with E-state index in [2.05, 4.69) is 48.5 Å². The van der Waals surface area contributed by atoms with E-state index in [9.17, 15) is 0 Å². The van der Waals surface area contributed by atoms with Crippen molar-refractivity contribution >= 4 is 0 Å². The highest BCUT2D eigenvalue weighted by Crippen LogP contribution is 2.24. The van der Waals surface area contributed by atoms with Crippen molar-refractivity contribution in [2.24, 2.45) is 0 Å². The van der Waals surface area contributed by atoms with E-state index in [4.69, 9.17) is 4.74 Å². The van der Waals surface area contributed by atoms with Crippen molar-refractivity contribution in [3.05, 3.63) is 29.8 Å². The van der Waals surface area contributed by atoms with Gasteiger partial charge >= 0.3 is 0 Å². The van der Waals surface area contributed by atoms with Crippen LogP contribution in [0.4, 0.5) is 0 Å². The second-order valence-corrected chi connectivity index (χ2v) is 5.38. The van der Waals surface area contributed by atoms with Crippen LogP contribution in [0.2, 0.25) is 0 Å². The number of hydrogen-bond acceptors (Lipinski definition) is 3. The Morgan fingerprint density at radius 2 is 2.00 bits per heavy atom. The lowest BCUT2D eigenvalue weighted by Crippen LogP contribution is -2.30. The van der Waals surface area contributed by atoms with Gasteiger partial charge in [0.05, 0.1) is 6.61 Å². The average molecular weight is 262 g/mol.